The van der Waals surface area contributed by atoms with Crippen molar-refractivity contribution in [3.63, 3.8) is 0 Å². The predicted molar refractivity (Wildman–Crippen MR) is 93.0 cm³/mol. The summed E-state index contributed by atoms with van der Waals surface area (Å²) < 4.78 is 4.13. The Bertz CT molecular complexity index is 1070. The van der Waals surface area contributed by atoms with Gasteiger partial charge in [0.05, 0.1) is 21.7 Å². The lowest BCUT2D eigenvalue weighted by molar-refractivity contribution is -0.384. The molecule has 0 radical (unpaired) electrons. The van der Waals surface area contributed by atoms with E-state index in [1.165, 1.54) is 12.1 Å². The summed E-state index contributed by atoms with van der Waals surface area (Å²) in [5.74, 6) is 0.824. The van der Waals surface area contributed by atoms with Gasteiger partial charge >= 0.3 is 0 Å². The lowest BCUT2D eigenvalue weighted by atomic mass is 10.1. The molecule has 118 valence electrons. The van der Waals surface area contributed by atoms with Crippen LogP contribution in [0.2, 0.25) is 0 Å². The average Bonchev–Trinajstić information content (AvgIpc) is 3.15. The first kappa shape index (κ1) is 14.2. The summed E-state index contributed by atoms with van der Waals surface area (Å²) in [5.41, 5.74) is 3.86. The molecule has 0 aliphatic heterocycles. The SMILES string of the molecule is C=CCn1c2ccccc2n2cc(-c3ccc([N+](=O)[O-])cc3)nc12. The van der Waals surface area contributed by atoms with Crippen molar-refractivity contribution >= 4 is 22.5 Å². The van der Waals surface area contributed by atoms with Gasteiger partial charge in [-0.25, -0.2) is 4.98 Å². The molecule has 6 nitrogen and oxygen atoms in total. The highest BCUT2D eigenvalue weighted by atomic mass is 16.6. The van der Waals surface area contributed by atoms with Crippen LogP contribution in [0.1, 0.15) is 0 Å². The Morgan fingerprint density at radius 1 is 1.12 bits per heavy atom. The summed E-state index contributed by atoms with van der Waals surface area (Å²) in [7, 11) is 0. The highest BCUT2D eigenvalue weighted by Gasteiger charge is 2.14. The fraction of sp³-hybridized carbons (Fsp3) is 0.0556. The third-order valence-electron chi connectivity index (χ3n) is 4.05. The fourth-order valence-corrected chi connectivity index (χ4v) is 2.94. The number of hydrogen-bond acceptors (Lipinski definition) is 3. The molecule has 0 saturated heterocycles. The number of para-hydroxylation sites is 2. The van der Waals surface area contributed by atoms with Gasteiger partial charge in [0.15, 0.2) is 0 Å². The zero-order chi connectivity index (χ0) is 16.7. The van der Waals surface area contributed by atoms with Gasteiger partial charge in [-0.3, -0.25) is 14.5 Å². The molecule has 0 fully saturated rings. The third kappa shape index (κ3) is 2.08. The summed E-state index contributed by atoms with van der Waals surface area (Å²) in [4.78, 5) is 15.1. The van der Waals surface area contributed by atoms with Gasteiger partial charge in [0, 0.05) is 30.4 Å². The Morgan fingerprint density at radius 2 is 1.83 bits per heavy atom. The molecule has 0 N–H and O–H groups in total. The lowest BCUT2D eigenvalue weighted by Gasteiger charge is -2.00. The first-order chi connectivity index (χ1) is 11.7. The molecular formula is C18H14N4O2. The van der Waals surface area contributed by atoms with E-state index in [1.807, 2.05) is 34.9 Å². The number of imidazole rings is 2. The van der Waals surface area contributed by atoms with Gasteiger partial charge < -0.3 is 4.57 Å². The van der Waals surface area contributed by atoms with E-state index in [-0.39, 0.29) is 5.69 Å². The summed E-state index contributed by atoms with van der Waals surface area (Å²) in [5, 5.41) is 10.8. The number of nitro groups is 1. The van der Waals surface area contributed by atoms with Crippen LogP contribution in [0.3, 0.4) is 0 Å². The Morgan fingerprint density at radius 3 is 2.50 bits per heavy atom. The van der Waals surface area contributed by atoms with Gasteiger partial charge in [-0.1, -0.05) is 18.2 Å². The van der Waals surface area contributed by atoms with Crippen LogP contribution in [-0.4, -0.2) is 18.9 Å². The average molecular weight is 318 g/mol. The first-order valence-corrected chi connectivity index (χ1v) is 7.51. The molecule has 0 amide bonds. The third-order valence-corrected chi connectivity index (χ3v) is 4.05. The van der Waals surface area contributed by atoms with Crippen molar-refractivity contribution in [3.8, 4) is 11.3 Å². The number of benzene rings is 2. The topological polar surface area (TPSA) is 65.4 Å². The molecule has 2 heterocycles. The molecule has 0 unspecified atom stereocenters. The van der Waals surface area contributed by atoms with Crippen molar-refractivity contribution in [1.29, 1.82) is 0 Å². The van der Waals surface area contributed by atoms with Crippen molar-refractivity contribution in [2.24, 2.45) is 0 Å². The molecule has 0 aliphatic carbocycles. The smallest absolute Gasteiger partial charge is 0.269 e. The van der Waals surface area contributed by atoms with Crippen molar-refractivity contribution in [2.45, 2.75) is 6.54 Å². The number of fused-ring (bicyclic) bond motifs is 3. The van der Waals surface area contributed by atoms with E-state index >= 15 is 0 Å². The van der Waals surface area contributed by atoms with Crippen molar-refractivity contribution in [2.75, 3.05) is 0 Å². The molecule has 2 aromatic heterocycles. The van der Waals surface area contributed by atoms with Gasteiger partial charge in [0.25, 0.3) is 5.69 Å². The molecule has 24 heavy (non-hydrogen) atoms. The summed E-state index contributed by atoms with van der Waals surface area (Å²) in [6.45, 7) is 4.48. The van der Waals surface area contributed by atoms with Crippen LogP contribution in [0.25, 0.3) is 28.1 Å². The van der Waals surface area contributed by atoms with Crippen LogP contribution >= 0.6 is 0 Å². The fourth-order valence-electron chi connectivity index (χ4n) is 2.94. The quantitative estimate of drug-likeness (QED) is 0.324. The Labute approximate surface area is 137 Å². The maximum absolute atomic E-state index is 10.8. The Hall–Kier alpha value is -3.41. The van der Waals surface area contributed by atoms with Crippen LogP contribution in [0.15, 0.2) is 67.4 Å². The second-order valence-corrected chi connectivity index (χ2v) is 5.49. The van der Waals surface area contributed by atoms with Crippen LogP contribution in [0, 0.1) is 10.1 Å². The zero-order valence-electron chi connectivity index (χ0n) is 12.8. The second-order valence-electron chi connectivity index (χ2n) is 5.49. The van der Waals surface area contributed by atoms with Crippen LogP contribution in [-0.2, 0) is 6.54 Å². The van der Waals surface area contributed by atoms with Crippen LogP contribution < -0.4 is 0 Å². The van der Waals surface area contributed by atoms with Gasteiger partial charge in [0.2, 0.25) is 5.78 Å². The molecule has 6 heteroatoms. The lowest BCUT2D eigenvalue weighted by Crippen LogP contribution is -1.95. The summed E-state index contributed by atoms with van der Waals surface area (Å²) in [6, 6.07) is 14.5. The number of rotatable bonds is 4. The maximum Gasteiger partial charge on any atom is 0.269 e. The molecule has 4 rings (SSSR count). The number of nitrogens with zero attached hydrogens (tertiary/aromatic N) is 4. The van der Waals surface area contributed by atoms with E-state index in [0.29, 0.717) is 6.54 Å². The van der Waals surface area contributed by atoms with E-state index in [9.17, 15) is 10.1 Å². The zero-order valence-corrected chi connectivity index (χ0v) is 12.8. The number of aromatic nitrogens is 3. The minimum Gasteiger partial charge on any atom is -0.306 e. The summed E-state index contributed by atoms with van der Waals surface area (Å²) >= 11 is 0. The van der Waals surface area contributed by atoms with Crippen molar-refractivity contribution < 1.29 is 4.92 Å². The minimum absolute atomic E-state index is 0.0733. The van der Waals surface area contributed by atoms with E-state index in [0.717, 1.165) is 28.1 Å². The highest BCUT2D eigenvalue weighted by molar-refractivity contribution is 5.82. The minimum atomic E-state index is -0.404. The standard InChI is InChI=1S/C18H14N4O2/c1-2-11-20-16-5-3-4-6-17(16)21-12-15(19-18(20)21)13-7-9-14(10-8-13)22(23)24/h2-10,12H,1,11H2. The van der Waals surface area contributed by atoms with E-state index in [4.69, 9.17) is 4.98 Å². The van der Waals surface area contributed by atoms with E-state index < -0.39 is 4.92 Å². The molecule has 0 aliphatic rings. The van der Waals surface area contributed by atoms with Gasteiger partial charge in [-0.2, -0.15) is 0 Å². The van der Waals surface area contributed by atoms with E-state index in [2.05, 4.69) is 17.2 Å². The molecule has 4 aromatic rings. The Balaban J connectivity index is 1.90. The van der Waals surface area contributed by atoms with Gasteiger partial charge in [0.1, 0.15) is 0 Å². The number of nitro benzene ring substituents is 1. The molecule has 2 aromatic carbocycles. The van der Waals surface area contributed by atoms with Crippen LogP contribution in [0.5, 0.6) is 0 Å². The maximum atomic E-state index is 10.8. The number of non-ortho nitro benzene ring substituents is 1. The van der Waals surface area contributed by atoms with E-state index in [1.54, 1.807) is 12.1 Å². The van der Waals surface area contributed by atoms with Crippen molar-refractivity contribution in [3.05, 3.63) is 77.5 Å². The first-order valence-electron chi connectivity index (χ1n) is 7.51. The monoisotopic (exact) mass is 318 g/mol. The number of allylic oxidation sites excluding steroid dienone is 1. The molecular weight excluding hydrogens is 304 g/mol. The Kier molecular flexibility index (Phi) is 3.16. The molecule has 0 bridgehead atoms. The molecule has 0 spiro atoms. The normalized spacial score (nSPS) is 11.2. The predicted octanol–water partition coefficient (Wildman–Crippen LogP) is 4.05. The van der Waals surface area contributed by atoms with Crippen LogP contribution in [0.4, 0.5) is 5.69 Å². The van der Waals surface area contributed by atoms with Gasteiger partial charge in [-0.05, 0) is 24.3 Å². The second kappa shape index (κ2) is 5.34. The van der Waals surface area contributed by atoms with Crippen molar-refractivity contribution in [1.82, 2.24) is 14.0 Å². The summed E-state index contributed by atoms with van der Waals surface area (Å²) in [6.07, 6.45) is 3.80. The van der Waals surface area contributed by atoms with Gasteiger partial charge in [-0.15, -0.1) is 6.58 Å². The highest BCUT2D eigenvalue weighted by Crippen LogP contribution is 2.26. The molecule has 0 atom stereocenters. The number of hydrogen-bond donors (Lipinski definition) is 0. The largest absolute Gasteiger partial charge is 0.306 e. The molecule has 0 saturated carbocycles.